The maximum absolute atomic E-state index is 6.30. The van der Waals surface area contributed by atoms with Crippen molar-refractivity contribution in [2.75, 3.05) is 0 Å². The lowest BCUT2D eigenvalue weighted by molar-refractivity contribution is 0.668. The number of rotatable bonds is 8. The summed E-state index contributed by atoms with van der Waals surface area (Å²) in [6, 6.07) is 111. The Balaban J connectivity index is 0.710. The first-order chi connectivity index (χ1) is 47.5. The lowest BCUT2D eigenvalue weighted by atomic mass is 10.0. The number of nitrogens with zero attached hydrogens (tertiary/aromatic N) is 5. The van der Waals surface area contributed by atoms with Gasteiger partial charge in [0.1, 0.15) is 39.3 Å². The molecule has 0 unspecified atom stereocenters. The largest absolute Gasteiger partial charge is 0.456 e. The van der Waals surface area contributed by atoms with Gasteiger partial charge < -0.3 is 17.8 Å². The Morgan fingerprint density at radius 2 is 0.510 bits per heavy atom. The Bertz CT molecular complexity index is 6580. The van der Waals surface area contributed by atoms with Crippen LogP contribution in [0.2, 0.25) is 0 Å². The molecule has 0 saturated carbocycles. The Morgan fingerprint density at radius 3 is 0.969 bits per heavy atom. The van der Waals surface area contributed by atoms with E-state index in [1.54, 1.807) is 0 Å². The van der Waals surface area contributed by atoms with Gasteiger partial charge in [0.25, 0.3) is 0 Å². The smallest absolute Gasteiger partial charge is 0.237 e. The molecule has 8 nitrogen and oxygen atoms in total. The van der Waals surface area contributed by atoms with E-state index in [1.165, 1.54) is 10.8 Å². The third kappa shape index (κ3) is 7.96. The topological polar surface area (TPSA) is 80.0 Å². The molecule has 0 aliphatic carbocycles. The monoisotopic (exact) mass is 1230 g/mol. The van der Waals surface area contributed by atoms with E-state index in [-0.39, 0.29) is 0 Å². The molecule has 0 atom stereocenters. The average Bonchev–Trinajstić information content (AvgIpc) is 1.66. The van der Waals surface area contributed by atoms with Crippen LogP contribution in [0.25, 0.3) is 204 Å². The summed E-state index contributed by atoms with van der Waals surface area (Å²) in [5, 5.41) is 13.5. The SMILES string of the molecule is c1ccc2c(c1)oc1ccc(-c3ccc4c5ccccc5n(-c5ccc(-c6ccc(-c7cc(-n8c9ccccc9c9ccc(-c%10ccc%11oc%12ccccc%12c%11c%10)cc98)nc(-n8c9ccccc9c9ccc(-c%10ccc%11oc%12ccccc%12c%11c%10)cc98)n7)cc6)cc5)c4c3)cc12. The maximum atomic E-state index is 6.30. The van der Waals surface area contributed by atoms with Crippen LogP contribution >= 0.6 is 0 Å². The molecular formula is C88H51N5O3. The summed E-state index contributed by atoms with van der Waals surface area (Å²) in [6.07, 6.45) is 0. The molecule has 8 heteroatoms. The number of hydrogen-bond acceptors (Lipinski definition) is 5. The molecule has 0 aliphatic rings. The van der Waals surface area contributed by atoms with Crippen molar-refractivity contribution in [1.29, 1.82) is 0 Å². The quantitative estimate of drug-likeness (QED) is 0.151. The lowest BCUT2D eigenvalue weighted by Crippen LogP contribution is -2.07. The Hall–Kier alpha value is -13.0. The Morgan fingerprint density at radius 1 is 0.198 bits per heavy atom. The van der Waals surface area contributed by atoms with Crippen LogP contribution in [-0.2, 0) is 0 Å². The van der Waals surface area contributed by atoms with Crippen molar-refractivity contribution in [1.82, 2.24) is 23.7 Å². The van der Waals surface area contributed by atoms with Crippen molar-refractivity contribution < 1.29 is 13.3 Å². The minimum atomic E-state index is 0.561. The first-order valence-corrected chi connectivity index (χ1v) is 32.5. The van der Waals surface area contributed by atoms with Gasteiger partial charge in [-0.05, 0) is 148 Å². The Kier molecular flexibility index (Phi) is 11.1. The van der Waals surface area contributed by atoms with Crippen LogP contribution in [0.5, 0.6) is 0 Å². The normalized spacial score (nSPS) is 12.2. The van der Waals surface area contributed by atoms with Gasteiger partial charge in [0.05, 0.1) is 38.8 Å². The molecule has 0 radical (unpaired) electrons. The van der Waals surface area contributed by atoms with Crippen LogP contribution in [0.3, 0.4) is 0 Å². The lowest BCUT2D eigenvalue weighted by Gasteiger charge is -2.14. The zero-order valence-corrected chi connectivity index (χ0v) is 51.4. The van der Waals surface area contributed by atoms with Crippen LogP contribution in [0.15, 0.2) is 323 Å². The predicted octanol–water partition coefficient (Wildman–Crippen LogP) is 23.8. The first-order valence-electron chi connectivity index (χ1n) is 32.5. The second-order valence-electron chi connectivity index (χ2n) is 25.2. The minimum Gasteiger partial charge on any atom is -0.456 e. The summed E-state index contributed by atoms with van der Waals surface area (Å²) in [5.41, 5.74) is 23.4. The van der Waals surface area contributed by atoms with Crippen molar-refractivity contribution in [3.8, 4) is 73.2 Å². The summed E-state index contributed by atoms with van der Waals surface area (Å²) >= 11 is 0. The number of hydrogen-bond donors (Lipinski definition) is 0. The van der Waals surface area contributed by atoms with Gasteiger partial charge in [-0.1, -0.05) is 200 Å². The van der Waals surface area contributed by atoms with Crippen LogP contribution in [-0.4, -0.2) is 23.7 Å². The van der Waals surface area contributed by atoms with E-state index in [0.29, 0.717) is 5.95 Å². The van der Waals surface area contributed by atoms with Crippen molar-refractivity contribution in [3.05, 3.63) is 309 Å². The van der Waals surface area contributed by atoms with Crippen LogP contribution < -0.4 is 0 Å². The van der Waals surface area contributed by atoms with Gasteiger partial charge in [-0.3, -0.25) is 9.13 Å². The second-order valence-corrected chi connectivity index (χ2v) is 25.2. The van der Waals surface area contributed by atoms with E-state index in [2.05, 4.69) is 287 Å². The summed E-state index contributed by atoms with van der Waals surface area (Å²) in [5.74, 6) is 1.31. The summed E-state index contributed by atoms with van der Waals surface area (Å²) < 4.78 is 25.8. The molecular weight excluding hydrogens is 1170 g/mol. The molecule has 7 aromatic heterocycles. The molecule has 446 valence electrons. The number of aromatic nitrogens is 5. The maximum Gasteiger partial charge on any atom is 0.237 e. The van der Waals surface area contributed by atoms with Gasteiger partial charge in [0.2, 0.25) is 5.95 Å². The molecule has 7 heterocycles. The minimum absolute atomic E-state index is 0.561. The van der Waals surface area contributed by atoms with Crippen molar-refractivity contribution in [3.63, 3.8) is 0 Å². The van der Waals surface area contributed by atoms with Gasteiger partial charge in [-0.2, -0.15) is 4.98 Å². The average molecular weight is 1230 g/mol. The molecule has 0 N–H and O–H groups in total. The first kappa shape index (κ1) is 52.6. The van der Waals surface area contributed by atoms with Gasteiger partial charge in [0, 0.05) is 82.0 Å². The molecule has 0 spiro atoms. The standard InChI is InChI=1S/C88H51N5O3/c1-7-19-75-62(13-1)65-39-31-58(55-34-42-84-71(45-55)68-16-4-10-22-81(68)94-84)48-78(65)91(75)61-37-29-53(30-38-61)52-25-27-54(28-26-52)74-51-87(92-76-20-8-2-14-63(76)66-40-32-59(49-79(66)92)56-35-43-85-72(46-56)69-17-5-11-23-82(69)95-85)90-88(89-74)93-77-21-9-3-15-64(77)67-41-33-60(50-80(67)93)57-36-44-86-73(47-57)70-18-6-12-24-83(70)96-86/h1-51H. The highest BCUT2D eigenvalue weighted by Crippen LogP contribution is 2.43. The summed E-state index contributed by atoms with van der Waals surface area (Å²) in [6.45, 7) is 0. The zero-order valence-electron chi connectivity index (χ0n) is 51.4. The molecule has 0 bridgehead atoms. The Labute approximate surface area is 547 Å². The number of fused-ring (bicyclic) bond motifs is 18. The van der Waals surface area contributed by atoms with E-state index in [9.17, 15) is 0 Å². The molecule has 21 aromatic rings. The molecule has 14 aromatic carbocycles. The fraction of sp³-hybridized carbons (Fsp3) is 0. The van der Waals surface area contributed by atoms with Crippen LogP contribution in [0, 0.1) is 0 Å². The molecule has 96 heavy (non-hydrogen) atoms. The molecule has 0 saturated heterocycles. The van der Waals surface area contributed by atoms with Gasteiger partial charge in [0.15, 0.2) is 0 Å². The van der Waals surface area contributed by atoms with E-state index in [1.807, 2.05) is 36.4 Å². The third-order valence-electron chi connectivity index (χ3n) is 19.9. The summed E-state index contributed by atoms with van der Waals surface area (Å²) in [4.78, 5) is 11.4. The zero-order chi connectivity index (χ0) is 62.7. The van der Waals surface area contributed by atoms with Crippen molar-refractivity contribution in [2.24, 2.45) is 0 Å². The predicted molar refractivity (Wildman–Crippen MR) is 394 cm³/mol. The molecule has 0 aliphatic heterocycles. The van der Waals surface area contributed by atoms with Gasteiger partial charge in [-0.25, -0.2) is 4.98 Å². The van der Waals surface area contributed by atoms with E-state index < -0.39 is 0 Å². The van der Waals surface area contributed by atoms with Crippen molar-refractivity contribution in [2.45, 2.75) is 0 Å². The van der Waals surface area contributed by atoms with Crippen LogP contribution in [0.4, 0.5) is 0 Å². The highest BCUT2D eigenvalue weighted by atomic mass is 16.3. The van der Waals surface area contributed by atoms with E-state index >= 15 is 0 Å². The number of para-hydroxylation sites is 6. The summed E-state index contributed by atoms with van der Waals surface area (Å²) in [7, 11) is 0. The molecule has 0 amide bonds. The number of benzene rings is 14. The second kappa shape index (κ2) is 20.2. The highest BCUT2D eigenvalue weighted by Gasteiger charge is 2.23. The fourth-order valence-electron chi connectivity index (χ4n) is 15.3. The molecule has 21 rings (SSSR count). The number of furan rings is 3. The fourth-order valence-corrected chi connectivity index (χ4v) is 15.3. The molecule has 0 fully saturated rings. The highest BCUT2D eigenvalue weighted by molar-refractivity contribution is 6.15. The van der Waals surface area contributed by atoms with Gasteiger partial charge in [-0.15, -0.1) is 0 Å². The van der Waals surface area contributed by atoms with E-state index in [4.69, 9.17) is 23.2 Å². The third-order valence-corrected chi connectivity index (χ3v) is 19.9. The van der Waals surface area contributed by atoms with Crippen molar-refractivity contribution >= 4 is 131 Å². The van der Waals surface area contributed by atoms with Gasteiger partial charge >= 0.3 is 0 Å². The van der Waals surface area contributed by atoms with Crippen LogP contribution in [0.1, 0.15) is 0 Å². The van der Waals surface area contributed by atoms with E-state index in [0.717, 1.165) is 188 Å².